The second kappa shape index (κ2) is 9.47. The number of rotatable bonds is 9. The van der Waals surface area contributed by atoms with Crippen LogP contribution in [0.2, 0.25) is 0 Å². The smallest absolute Gasteiger partial charge is 0.105 e. The number of aliphatic hydroxyl groups excluding tert-OH is 1. The molecule has 0 fully saturated rings. The Hall–Kier alpha value is -0.0800. The Morgan fingerprint density at radius 2 is 1.64 bits per heavy atom. The van der Waals surface area contributed by atoms with E-state index in [1.54, 1.807) is 0 Å². The van der Waals surface area contributed by atoms with Crippen LogP contribution in [-0.4, -0.2) is 17.4 Å². The molecule has 0 saturated heterocycles. The maximum atomic E-state index is 9.63. The van der Waals surface area contributed by atoms with Gasteiger partial charge >= 0.3 is 0 Å². The monoisotopic (exact) mass is 201 g/mol. The van der Waals surface area contributed by atoms with Crippen LogP contribution in [0, 0.1) is 0 Å². The zero-order chi connectivity index (χ0) is 10.8. The van der Waals surface area contributed by atoms with Crippen molar-refractivity contribution in [2.75, 3.05) is 0 Å². The van der Waals surface area contributed by atoms with E-state index in [0.29, 0.717) is 6.04 Å². The fourth-order valence-electron chi connectivity index (χ4n) is 1.59. The highest BCUT2D eigenvalue weighted by Gasteiger charge is 2.07. The molecule has 0 aliphatic heterocycles. The lowest BCUT2D eigenvalue weighted by atomic mass is 10.1. The molecule has 0 aliphatic carbocycles. The van der Waals surface area contributed by atoms with Crippen molar-refractivity contribution >= 4 is 0 Å². The van der Waals surface area contributed by atoms with Crippen molar-refractivity contribution in [1.29, 1.82) is 0 Å². The molecule has 0 bridgehead atoms. The Balaban J connectivity index is 3.35. The van der Waals surface area contributed by atoms with Gasteiger partial charge in [0.1, 0.15) is 6.23 Å². The normalized spacial score (nSPS) is 15.4. The predicted octanol–water partition coefficient (Wildman–Crippen LogP) is 3.05. The minimum atomic E-state index is -0.298. The van der Waals surface area contributed by atoms with Gasteiger partial charge in [-0.2, -0.15) is 0 Å². The van der Waals surface area contributed by atoms with Gasteiger partial charge < -0.3 is 5.11 Å². The molecule has 0 aliphatic rings. The van der Waals surface area contributed by atoms with E-state index >= 15 is 0 Å². The third-order valence-electron chi connectivity index (χ3n) is 2.55. The van der Waals surface area contributed by atoms with Crippen LogP contribution < -0.4 is 5.32 Å². The van der Waals surface area contributed by atoms with E-state index in [1.165, 1.54) is 32.1 Å². The van der Waals surface area contributed by atoms with Gasteiger partial charge in [-0.25, -0.2) is 0 Å². The van der Waals surface area contributed by atoms with Crippen LogP contribution in [0.25, 0.3) is 0 Å². The van der Waals surface area contributed by atoms with E-state index in [9.17, 15) is 5.11 Å². The molecule has 0 heterocycles. The molecule has 2 nitrogen and oxygen atoms in total. The first-order valence-corrected chi connectivity index (χ1v) is 6.14. The summed E-state index contributed by atoms with van der Waals surface area (Å²) >= 11 is 0. The Morgan fingerprint density at radius 1 is 1.00 bits per heavy atom. The molecular formula is C12H27NO. The Labute approximate surface area is 89.1 Å². The van der Waals surface area contributed by atoms with Crippen LogP contribution in [0.4, 0.5) is 0 Å². The molecular weight excluding hydrogens is 174 g/mol. The summed E-state index contributed by atoms with van der Waals surface area (Å²) in [6.07, 6.45) is 7.82. The molecule has 2 unspecified atom stereocenters. The summed E-state index contributed by atoms with van der Waals surface area (Å²) in [5, 5.41) is 12.9. The zero-order valence-corrected chi connectivity index (χ0v) is 10.1. The van der Waals surface area contributed by atoms with E-state index in [2.05, 4.69) is 26.1 Å². The molecule has 14 heavy (non-hydrogen) atoms. The van der Waals surface area contributed by atoms with Gasteiger partial charge in [0.25, 0.3) is 0 Å². The second-order valence-corrected chi connectivity index (χ2v) is 4.22. The topological polar surface area (TPSA) is 32.3 Å². The largest absolute Gasteiger partial charge is 0.379 e. The first kappa shape index (κ1) is 13.9. The lowest BCUT2D eigenvalue weighted by Gasteiger charge is -2.18. The SMILES string of the molecule is CCCCCC(O)NC(C)CCCC. The van der Waals surface area contributed by atoms with Crippen LogP contribution in [0.15, 0.2) is 0 Å². The second-order valence-electron chi connectivity index (χ2n) is 4.22. The van der Waals surface area contributed by atoms with Crippen LogP contribution in [0.5, 0.6) is 0 Å². The average molecular weight is 201 g/mol. The Bertz CT molecular complexity index is 117. The average Bonchev–Trinajstić information content (AvgIpc) is 2.15. The number of aliphatic hydroxyl groups is 1. The van der Waals surface area contributed by atoms with Gasteiger partial charge in [0.15, 0.2) is 0 Å². The molecule has 2 atom stereocenters. The highest BCUT2D eigenvalue weighted by molar-refractivity contribution is 4.63. The van der Waals surface area contributed by atoms with E-state index in [1.807, 2.05) is 0 Å². The third kappa shape index (κ3) is 8.52. The molecule has 0 aromatic rings. The van der Waals surface area contributed by atoms with Crippen LogP contribution in [0.1, 0.15) is 65.7 Å². The summed E-state index contributed by atoms with van der Waals surface area (Å²) in [6, 6.07) is 0.451. The van der Waals surface area contributed by atoms with Gasteiger partial charge in [-0.1, -0.05) is 39.5 Å². The van der Waals surface area contributed by atoms with Crippen molar-refractivity contribution in [3.8, 4) is 0 Å². The van der Waals surface area contributed by atoms with Crippen LogP contribution in [0.3, 0.4) is 0 Å². The van der Waals surface area contributed by atoms with Crippen molar-refractivity contribution < 1.29 is 5.11 Å². The summed E-state index contributed by atoms with van der Waals surface area (Å²) in [4.78, 5) is 0. The summed E-state index contributed by atoms with van der Waals surface area (Å²) in [6.45, 7) is 6.53. The van der Waals surface area contributed by atoms with E-state index < -0.39 is 0 Å². The van der Waals surface area contributed by atoms with Crippen LogP contribution >= 0.6 is 0 Å². The van der Waals surface area contributed by atoms with Crippen molar-refractivity contribution in [2.24, 2.45) is 0 Å². The lowest BCUT2D eigenvalue weighted by molar-refractivity contribution is 0.111. The standard InChI is InChI=1S/C12H27NO/c1-4-6-8-10-12(14)13-11(3)9-7-5-2/h11-14H,4-10H2,1-3H3. The summed E-state index contributed by atoms with van der Waals surface area (Å²) in [5.74, 6) is 0. The fraction of sp³-hybridized carbons (Fsp3) is 1.00. The molecule has 2 heteroatoms. The van der Waals surface area contributed by atoms with E-state index in [4.69, 9.17) is 0 Å². The number of hydrogen-bond donors (Lipinski definition) is 2. The summed E-state index contributed by atoms with van der Waals surface area (Å²) in [5.41, 5.74) is 0. The maximum Gasteiger partial charge on any atom is 0.105 e. The summed E-state index contributed by atoms with van der Waals surface area (Å²) < 4.78 is 0. The van der Waals surface area contributed by atoms with Gasteiger partial charge in [-0.05, 0) is 26.2 Å². The summed E-state index contributed by atoms with van der Waals surface area (Å²) in [7, 11) is 0. The molecule has 0 aromatic heterocycles. The number of unbranched alkanes of at least 4 members (excludes halogenated alkanes) is 3. The van der Waals surface area contributed by atoms with Crippen molar-refractivity contribution in [3.05, 3.63) is 0 Å². The molecule has 2 N–H and O–H groups in total. The highest BCUT2D eigenvalue weighted by atomic mass is 16.3. The Kier molecular flexibility index (Phi) is 9.42. The predicted molar refractivity (Wildman–Crippen MR) is 62.3 cm³/mol. The molecule has 86 valence electrons. The molecule has 0 amide bonds. The molecule has 0 saturated carbocycles. The van der Waals surface area contributed by atoms with E-state index in [-0.39, 0.29) is 6.23 Å². The van der Waals surface area contributed by atoms with Crippen molar-refractivity contribution in [2.45, 2.75) is 78.0 Å². The van der Waals surface area contributed by atoms with Crippen LogP contribution in [-0.2, 0) is 0 Å². The quantitative estimate of drug-likeness (QED) is 0.444. The number of hydrogen-bond acceptors (Lipinski definition) is 2. The maximum absolute atomic E-state index is 9.63. The van der Waals surface area contributed by atoms with Gasteiger partial charge in [0.05, 0.1) is 0 Å². The van der Waals surface area contributed by atoms with Gasteiger partial charge in [-0.3, -0.25) is 5.32 Å². The lowest BCUT2D eigenvalue weighted by Crippen LogP contribution is -2.36. The zero-order valence-electron chi connectivity index (χ0n) is 10.1. The van der Waals surface area contributed by atoms with Crippen molar-refractivity contribution in [1.82, 2.24) is 5.32 Å². The molecule has 0 aromatic carbocycles. The van der Waals surface area contributed by atoms with E-state index in [0.717, 1.165) is 12.8 Å². The van der Waals surface area contributed by atoms with Gasteiger partial charge in [0, 0.05) is 6.04 Å². The van der Waals surface area contributed by atoms with Gasteiger partial charge in [-0.15, -0.1) is 0 Å². The minimum absolute atomic E-state index is 0.298. The Morgan fingerprint density at radius 3 is 2.21 bits per heavy atom. The third-order valence-corrected chi connectivity index (χ3v) is 2.55. The fourth-order valence-corrected chi connectivity index (χ4v) is 1.59. The first-order chi connectivity index (χ1) is 6.70. The number of nitrogens with one attached hydrogen (secondary N) is 1. The first-order valence-electron chi connectivity index (χ1n) is 6.14. The highest BCUT2D eigenvalue weighted by Crippen LogP contribution is 2.04. The minimum Gasteiger partial charge on any atom is -0.379 e. The molecule has 0 rings (SSSR count). The molecule has 0 radical (unpaired) electrons. The van der Waals surface area contributed by atoms with Gasteiger partial charge in [0.2, 0.25) is 0 Å². The van der Waals surface area contributed by atoms with Crippen molar-refractivity contribution in [3.63, 3.8) is 0 Å². The molecule has 0 spiro atoms.